The zero-order valence-electron chi connectivity index (χ0n) is 32.4. The van der Waals surface area contributed by atoms with E-state index in [0.717, 1.165) is 61.7 Å². The van der Waals surface area contributed by atoms with E-state index in [-0.39, 0.29) is 47.7 Å². The number of aliphatic hydroxyl groups excluding tert-OH is 1. The molecule has 0 aliphatic carbocycles. The topological polar surface area (TPSA) is 204 Å². The number of hydrogen-bond donors (Lipinski definition) is 3. The van der Waals surface area contributed by atoms with Gasteiger partial charge in [-0.1, -0.05) is 0 Å². The third-order valence-corrected chi connectivity index (χ3v) is 11.7. The molecule has 1 aromatic carbocycles. The van der Waals surface area contributed by atoms with Crippen molar-refractivity contribution in [3.63, 3.8) is 0 Å². The number of hydrogen-bond acceptors (Lipinski definition) is 14. The molecule has 3 fully saturated rings. The van der Waals surface area contributed by atoms with Crippen LogP contribution in [0, 0.1) is 5.92 Å². The fourth-order valence-corrected chi connectivity index (χ4v) is 8.83. The number of aliphatic hydroxyl groups is 1. The van der Waals surface area contributed by atoms with Gasteiger partial charge in [-0.05, 0) is 70.0 Å². The summed E-state index contributed by atoms with van der Waals surface area (Å²) in [4.78, 5) is 81.2. The van der Waals surface area contributed by atoms with E-state index in [1.165, 1.54) is 17.8 Å². The van der Waals surface area contributed by atoms with Gasteiger partial charge in [-0.2, -0.15) is 5.10 Å². The normalized spacial score (nSPS) is 21.7. The quantitative estimate of drug-likeness (QED) is 0.197. The highest BCUT2D eigenvalue weighted by Gasteiger charge is 2.47. The Balaban J connectivity index is 0.809. The number of anilines is 2. The largest absolute Gasteiger partial charge is 0.496 e. The molecule has 3 aromatic heterocycles. The lowest BCUT2D eigenvalue weighted by Crippen LogP contribution is -2.54. The molecule has 9 rings (SSSR count). The Morgan fingerprint density at radius 1 is 1.07 bits per heavy atom. The molecule has 302 valence electrons. The molecule has 3 N–H and O–H groups in total. The van der Waals surface area contributed by atoms with Gasteiger partial charge in [0, 0.05) is 68.7 Å². The van der Waals surface area contributed by atoms with E-state index in [0.29, 0.717) is 35.1 Å². The number of aromatic nitrogens is 4. The van der Waals surface area contributed by atoms with Crippen LogP contribution in [0.4, 0.5) is 11.4 Å². The number of nitrogens with one attached hydrogen (secondary N) is 2. The maximum absolute atomic E-state index is 13.5. The van der Waals surface area contributed by atoms with E-state index in [1.807, 2.05) is 19.9 Å². The van der Waals surface area contributed by atoms with Gasteiger partial charge in [0.2, 0.25) is 17.7 Å². The first-order chi connectivity index (χ1) is 28.0. The van der Waals surface area contributed by atoms with Gasteiger partial charge in [-0.25, -0.2) is 14.5 Å². The number of likely N-dealkylation sites (tertiary alicyclic amines) is 1. The summed E-state index contributed by atoms with van der Waals surface area (Å²) in [6.45, 7) is 8.40. The smallest absolute Gasteiger partial charge is 0.266 e. The standard InChI is InChI=1S/C40H44N10O8/c1-21(2)58-37-28(43-35(52)27-16-42-49-10-4-9-41-34(27)49)13-23-20-48(40(56)33(23)45-37)24-7-11-46(12-8-24)17-22-18-47(19-22)25-14-26-32(30(15-25)57-3)39(55)50(38(26)54)29-5-6-31(51)44-36(29)53/h4,9-10,13-16,21-22,24,29,40,56H,5-8,11-12,17-20H2,1-3H3,(H,43,52)(H,44,51,53). The summed E-state index contributed by atoms with van der Waals surface area (Å²) >= 11 is 0. The van der Waals surface area contributed by atoms with Gasteiger partial charge in [-0.15, -0.1) is 0 Å². The molecule has 5 amide bonds. The summed E-state index contributed by atoms with van der Waals surface area (Å²) in [5.41, 5.74) is 3.62. The Morgan fingerprint density at radius 3 is 2.60 bits per heavy atom. The van der Waals surface area contributed by atoms with Crippen molar-refractivity contribution in [2.45, 2.75) is 70.5 Å². The highest BCUT2D eigenvalue weighted by Crippen LogP contribution is 2.41. The van der Waals surface area contributed by atoms with Crippen molar-refractivity contribution in [3.8, 4) is 11.6 Å². The van der Waals surface area contributed by atoms with Crippen LogP contribution in [0.25, 0.3) is 5.65 Å². The van der Waals surface area contributed by atoms with E-state index < -0.39 is 41.8 Å². The molecular weight excluding hydrogens is 749 g/mol. The van der Waals surface area contributed by atoms with Crippen LogP contribution in [0.3, 0.4) is 0 Å². The van der Waals surface area contributed by atoms with E-state index in [1.54, 1.807) is 30.6 Å². The zero-order chi connectivity index (χ0) is 40.4. The maximum atomic E-state index is 13.5. The lowest BCUT2D eigenvalue weighted by Gasteiger charge is -2.45. The monoisotopic (exact) mass is 792 g/mol. The van der Waals surface area contributed by atoms with Crippen molar-refractivity contribution in [3.05, 3.63) is 70.8 Å². The SMILES string of the molecule is COc1cc(N2CC(CN3CCC(N4Cc5cc(NC(=O)c6cnn7cccnc67)c(OC(C)C)nc5C4O)CC3)C2)cc2c1C(=O)N(C1CCC(=O)NC1=O)C2=O. The molecule has 5 aliphatic heterocycles. The highest BCUT2D eigenvalue weighted by molar-refractivity contribution is 6.25. The van der Waals surface area contributed by atoms with Crippen LogP contribution in [-0.2, 0) is 16.1 Å². The van der Waals surface area contributed by atoms with Gasteiger partial charge in [-0.3, -0.25) is 39.1 Å². The number of pyridine rings is 1. The van der Waals surface area contributed by atoms with Crippen LogP contribution < -0.4 is 25.0 Å². The van der Waals surface area contributed by atoms with Crippen molar-refractivity contribution in [1.29, 1.82) is 0 Å². The summed E-state index contributed by atoms with van der Waals surface area (Å²) in [6, 6.07) is 6.13. The molecule has 2 unspecified atom stereocenters. The molecule has 0 spiro atoms. The van der Waals surface area contributed by atoms with E-state index in [4.69, 9.17) is 14.5 Å². The molecule has 18 nitrogen and oxygen atoms in total. The summed E-state index contributed by atoms with van der Waals surface area (Å²) in [7, 11) is 1.45. The van der Waals surface area contributed by atoms with Gasteiger partial charge in [0.15, 0.2) is 11.9 Å². The minimum Gasteiger partial charge on any atom is -0.496 e. The van der Waals surface area contributed by atoms with Crippen molar-refractivity contribution in [2.24, 2.45) is 5.92 Å². The third kappa shape index (κ3) is 6.59. The van der Waals surface area contributed by atoms with Crippen molar-refractivity contribution < 1.29 is 38.6 Å². The van der Waals surface area contributed by atoms with Gasteiger partial charge >= 0.3 is 0 Å². The average molecular weight is 793 g/mol. The number of carbonyl (C=O) groups excluding carboxylic acids is 5. The van der Waals surface area contributed by atoms with Crippen molar-refractivity contribution in [2.75, 3.05) is 50.1 Å². The van der Waals surface area contributed by atoms with Gasteiger partial charge < -0.3 is 29.7 Å². The Kier molecular flexibility index (Phi) is 9.56. The van der Waals surface area contributed by atoms with Crippen molar-refractivity contribution in [1.82, 2.24) is 39.6 Å². The first-order valence-electron chi connectivity index (χ1n) is 19.6. The fraction of sp³-hybridized carbons (Fsp3) is 0.450. The van der Waals surface area contributed by atoms with Gasteiger partial charge in [0.05, 0.1) is 36.2 Å². The molecule has 2 atom stereocenters. The number of imide groups is 2. The molecule has 0 radical (unpaired) electrons. The van der Waals surface area contributed by atoms with Crippen LogP contribution in [0.1, 0.15) is 88.1 Å². The van der Waals surface area contributed by atoms with Crippen LogP contribution in [0.15, 0.2) is 42.9 Å². The molecule has 58 heavy (non-hydrogen) atoms. The number of piperidine rings is 2. The fourth-order valence-electron chi connectivity index (χ4n) is 8.83. The molecular formula is C40H44N10O8. The second-order valence-electron chi connectivity index (χ2n) is 15.8. The maximum Gasteiger partial charge on any atom is 0.266 e. The predicted octanol–water partition coefficient (Wildman–Crippen LogP) is 1.98. The lowest BCUT2D eigenvalue weighted by atomic mass is 9.95. The molecule has 3 saturated heterocycles. The van der Waals surface area contributed by atoms with E-state index >= 15 is 0 Å². The Morgan fingerprint density at radius 2 is 1.86 bits per heavy atom. The molecule has 8 heterocycles. The predicted molar refractivity (Wildman–Crippen MR) is 206 cm³/mol. The van der Waals surface area contributed by atoms with Crippen LogP contribution in [-0.4, -0.2) is 127 Å². The number of amides is 5. The van der Waals surface area contributed by atoms with Gasteiger partial charge in [0.25, 0.3) is 17.7 Å². The molecule has 0 bridgehead atoms. The summed E-state index contributed by atoms with van der Waals surface area (Å²) in [5, 5.41) is 20.9. The number of benzene rings is 1. The average Bonchev–Trinajstić information content (AvgIpc) is 3.84. The van der Waals surface area contributed by atoms with Crippen LogP contribution in [0.5, 0.6) is 11.6 Å². The zero-order valence-corrected chi connectivity index (χ0v) is 32.4. The number of methoxy groups -OCH3 is 1. The Labute approximate surface area is 333 Å². The molecule has 5 aliphatic rings. The number of fused-ring (bicyclic) bond motifs is 3. The summed E-state index contributed by atoms with van der Waals surface area (Å²) < 4.78 is 13.1. The number of rotatable bonds is 10. The lowest BCUT2D eigenvalue weighted by molar-refractivity contribution is -0.136. The van der Waals surface area contributed by atoms with Crippen LogP contribution in [0.2, 0.25) is 0 Å². The minimum absolute atomic E-state index is 0.0499. The molecule has 4 aromatic rings. The molecule has 18 heteroatoms. The summed E-state index contributed by atoms with van der Waals surface area (Å²) in [6.07, 6.45) is 5.54. The van der Waals surface area contributed by atoms with E-state index in [9.17, 15) is 29.1 Å². The Hall–Kier alpha value is -5.98. The summed E-state index contributed by atoms with van der Waals surface area (Å²) in [5.74, 6) is -1.72. The van der Waals surface area contributed by atoms with Crippen LogP contribution >= 0.6 is 0 Å². The Bertz CT molecular complexity index is 2350. The first-order valence-corrected chi connectivity index (χ1v) is 19.6. The van der Waals surface area contributed by atoms with E-state index in [2.05, 4.69) is 35.4 Å². The number of ether oxygens (including phenoxy) is 2. The second kappa shape index (κ2) is 14.8. The second-order valence-corrected chi connectivity index (χ2v) is 15.8. The number of carbonyl (C=O) groups is 5. The van der Waals surface area contributed by atoms with Gasteiger partial charge in [0.1, 0.15) is 23.0 Å². The minimum atomic E-state index is -1.05. The van der Waals surface area contributed by atoms with Crippen molar-refractivity contribution >= 4 is 46.6 Å². The first kappa shape index (κ1) is 37.6. The highest BCUT2D eigenvalue weighted by atomic mass is 16.5. The molecule has 0 saturated carbocycles. The number of nitrogens with zero attached hydrogens (tertiary/aromatic N) is 8. The third-order valence-electron chi connectivity index (χ3n) is 11.7.